The Hall–Kier alpha value is -0.570. The summed E-state index contributed by atoms with van der Waals surface area (Å²) in [6, 6.07) is 0.493. The average Bonchev–Trinajstić information content (AvgIpc) is 1.96. The monoisotopic (exact) mass is 170 g/mol. The molecule has 3 heteroatoms. The quantitative estimate of drug-likeness (QED) is 0.653. The summed E-state index contributed by atoms with van der Waals surface area (Å²) in [7, 11) is 1.87. The second-order valence-corrected chi connectivity index (χ2v) is 3.98. The van der Waals surface area contributed by atoms with Crippen molar-refractivity contribution in [1.29, 1.82) is 0 Å². The highest BCUT2D eigenvalue weighted by Gasteiger charge is 2.22. The zero-order valence-electron chi connectivity index (χ0n) is 8.13. The minimum atomic E-state index is 0.204. The van der Waals surface area contributed by atoms with Crippen LogP contribution in [0.1, 0.15) is 20.3 Å². The van der Waals surface area contributed by atoms with Crippen LogP contribution >= 0.6 is 0 Å². The molecule has 0 bridgehead atoms. The first-order valence-electron chi connectivity index (χ1n) is 4.57. The summed E-state index contributed by atoms with van der Waals surface area (Å²) in [5.41, 5.74) is 0. The lowest BCUT2D eigenvalue weighted by Gasteiger charge is -2.31. The molecule has 0 radical (unpaired) electrons. The zero-order valence-corrected chi connectivity index (χ0v) is 8.13. The minimum absolute atomic E-state index is 0.204. The number of amides is 1. The number of carbonyl (C=O) groups excluding carboxylic acids is 1. The average molecular weight is 170 g/mol. The Morgan fingerprint density at radius 1 is 1.67 bits per heavy atom. The summed E-state index contributed by atoms with van der Waals surface area (Å²) < 4.78 is 0. The highest BCUT2D eigenvalue weighted by Crippen LogP contribution is 2.08. The van der Waals surface area contributed by atoms with Gasteiger partial charge in [-0.25, -0.2) is 0 Å². The van der Waals surface area contributed by atoms with E-state index in [4.69, 9.17) is 0 Å². The van der Waals surface area contributed by atoms with Crippen LogP contribution < -0.4 is 5.32 Å². The molecule has 1 aliphatic rings. The van der Waals surface area contributed by atoms with Crippen LogP contribution in [-0.2, 0) is 4.79 Å². The van der Waals surface area contributed by atoms with E-state index in [-0.39, 0.29) is 5.91 Å². The van der Waals surface area contributed by atoms with Gasteiger partial charge in [-0.15, -0.1) is 0 Å². The smallest absolute Gasteiger partial charge is 0.236 e. The van der Waals surface area contributed by atoms with E-state index in [1.807, 2.05) is 11.9 Å². The van der Waals surface area contributed by atoms with Crippen LogP contribution in [0.4, 0.5) is 0 Å². The van der Waals surface area contributed by atoms with E-state index in [1.54, 1.807) is 0 Å². The molecule has 0 unspecified atom stereocenters. The van der Waals surface area contributed by atoms with Crippen molar-refractivity contribution in [2.45, 2.75) is 26.3 Å². The van der Waals surface area contributed by atoms with Gasteiger partial charge in [-0.3, -0.25) is 4.79 Å². The molecule has 1 atom stereocenters. The topological polar surface area (TPSA) is 32.3 Å². The highest BCUT2D eigenvalue weighted by molar-refractivity contribution is 5.78. The fourth-order valence-corrected chi connectivity index (χ4v) is 1.59. The van der Waals surface area contributed by atoms with Crippen LogP contribution in [0.3, 0.4) is 0 Å². The molecular formula is C9H18N2O. The lowest BCUT2D eigenvalue weighted by Crippen LogP contribution is -2.52. The largest absolute Gasteiger partial charge is 0.343 e. The van der Waals surface area contributed by atoms with Crippen LogP contribution in [0, 0.1) is 5.92 Å². The molecule has 0 aromatic heterocycles. The summed E-state index contributed by atoms with van der Waals surface area (Å²) in [4.78, 5) is 12.9. The van der Waals surface area contributed by atoms with Gasteiger partial charge >= 0.3 is 0 Å². The first-order chi connectivity index (χ1) is 5.59. The van der Waals surface area contributed by atoms with Crippen LogP contribution in [0.15, 0.2) is 0 Å². The standard InChI is InChI=1S/C9H18N2O/c1-7(2)4-8-6-11(3)9(12)5-10-8/h7-8,10H,4-6H2,1-3H3/t8-/m1/s1. The molecule has 70 valence electrons. The van der Waals surface area contributed by atoms with E-state index in [9.17, 15) is 4.79 Å². The number of hydrogen-bond acceptors (Lipinski definition) is 2. The summed E-state index contributed by atoms with van der Waals surface area (Å²) >= 11 is 0. The first-order valence-corrected chi connectivity index (χ1v) is 4.57. The molecule has 1 rings (SSSR count). The fourth-order valence-electron chi connectivity index (χ4n) is 1.59. The Morgan fingerprint density at radius 3 is 2.83 bits per heavy atom. The predicted octanol–water partition coefficient (Wildman–Crippen LogP) is 0.463. The van der Waals surface area contributed by atoms with Gasteiger partial charge in [-0.2, -0.15) is 0 Å². The van der Waals surface area contributed by atoms with E-state index < -0.39 is 0 Å². The fraction of sp³-hybridized carbons (Fsp3) is 0.889. The second kappa shape index (κ2) is 3.90. The van der Waals surface area contributed by atoms with Crippen LogP contribution in [0.5, 0.6) is 0 Å². The number of nitrogens with one attached hydrogen (secondary N) is 1. The molecule has 1 fully saturated rings. The molecule has 1 amide bonds. The van der Waals surface area contributed by atoms with Crippen molar-refractivity contribution < 1.29 is 4.79 Å². The van der Waals surface area contributed by atoms with Crippen molar-refractivity contribution in [3.63, 3.8) is 0 Å². The molecule has 0 spiro atoms. The van der Waals surface area contributed by atoms with Crippen molar-refractivity contribution in [1.82, 2.24) is 10.2 Å². The Morgan fingerprint density at radius 2 is 2.33 bits per heavy atom. The van der Waals surface area contributed by atoms with Crippen molar-refractivity contribution >= 4 is 5.91 Å². The van der Waals surface area contributed by atoms with Gasteiger partial charge in [0.1, 0.15) is 0 Å². The van der Waals surface area contributed by atoms with Crippen molar-refractivity contribution in [3.8, 4) is 0 Å². The number of hydrogen-bond donors (Lipinski definition) is 1. The lowest BCUT2D eigenvalue weighted by atomic mass is 10.0. The molecule has 3 nitrogen and oxygen atoms in total. The number of rotatable bonds is 2. The summed E-state index contributed by atoms with van der Waals surface area (Å²) in [6.07, 6.45) is 1.15. The zero-order chi connectivity index (χ0) is 9.14. The van der Waals surface area contributed by atoms with Crippen LogP contribution in [0.2, 0.25) is 0 Å². The number of carbonyl (C=O) groups is 1. The number of piperazine rings is 1. The van der Waals surface area contributed by atoms with Crippen LogP contribution in [-0.4, -0.2) is 37.0 Å². The van der Waals surface area contributed by atoms with E-state index in [0.717, 1.165) is 13.0 Å². The molecule has 1 saturated heterocycles. The minimum Gasteiger partial charge on any atom is -0.343 e. The maximum atomic E-state index is 11.1. The maximum Gasteiger partial charge on any atom is 0.236 e. The Bertz CT molecular complexity index is 168. The Labute approximate surface area is 74.1 Å². The molecule has 0 aliphatic carbocycles. The van der Waals surface area contributed by atoms with E-state index in [1.165, 1.54) is 0 Å². The van der Waals surface area contributed by atoms with Gasteiger partial charge in [0, 0.05) is 19.6 Å². The third-order valence-corrected chi connectivity index (χ3v) is 2.22. The molecular weight excluding hydrogens is 152 g/mol. The molecule has 1 aliphatic heterocycles. The Kier molecular flexibility index (Phi) is 3.09. The molecule has 12 heavy (non-hydrogen) atoms. The van der Waals surface area contributed by atoms with Gasteiger partial charge in [0.05, 0.1) is 6.54 Å². The lowest BCUT2D eigenvalue weighted by molar-refractivity contribution is -0.131. The van der Waals surface area contributed by atoms with E-state index in [0.29, 0.717) is 18.5 Å². The molecule has 0 saturated carbocycles. The number of nitrogens with zero attached hydrogens (tertiary/aromatic N) is 1. The van der Waals surface area contributed by atoms with Gasteiger partial charge in [0.15, 0.2) is 0 Å². The van der Waals surface area contributed by atoms with Crippen molar-refractivity contribution in [3.05, 3.63) is 0 Å². The van der Waals surface area contributed by atoms with Crippen molar-refractivity contribution in [2.75, 3.05) is 20.1 Å². The normalized spacial score (nSPS) is 25.2. The van der Waals surface area contributed by atoms with E-state index in [2.05, 4.69) is 19.2 Å². The van der Waals surface area contributed by atoms with E-state index >= 15 is 0 Å². The molecule has 0 aromatic rings. The number of likely N-dealkylation sites (N-methyl/N-ethyl adjacent to an activating group) is 1. The molecule has 1 heterocycles. The molecule has 1 N–H and O–H groups in total. The third-order valence-electron chi connectivity index (χ3n) is 2.22. The molecule has 0 aromatic carbocycles. The van der Waals surface area contributed by atoms with Gasteiger partial charge in [0.2, 0.25) is 5.91 Å². The third kappa shape index (κ3) is 2.48. The van der Waals surface area contributed by atoms with Gasteiger partial charge in [-0.1, -0.05) is 13.8 Å². The first kappa shape index (κ1) is 9.52. The van der Waals surface area contributed by atoms with Crippen molar-refractivity contribution in [2.24, 2.45) is 5.92 Å². The predicted molar refractivity (Wildman–Crippen MR) is 48.9 cm³/mol. The highest BCUT2D eigenvalue weighted by atomic mass is 16.2. The SMILES string of the molecule is CC(C)C[C@@H]1CN(C)C(=O)CN1. The second-order valence-electron chi connectivity index (χ2n) is 3.98. The summed E-state index contributed by atoms with van der Waals surface area (Å²) in [6.45, 7) is 5.78. The Balaban J connectivity index is 2.35. The summed E-state index contributed by atoms with van der Waals surface area (Å²) in [5, 5.41) is 3.24. The van der Waals surface area contributed by atoms with Gasteiger partial charge in [0.25, 0.3) is 0 Å². The summed E-state index contributed by atoms with van der Waals surface area (Å²) in [5.74, 6) is 0.902. The van der Waals surface area contributed by atoms with Crippen LogP contribution in [0.25, 0.3) is 0 Å². The van der Waals surface area contributed by atoms with Gasteiger partial charge in [-0.05, 0) is 12.3 Å². The van der Waals surface area contributed by atoms with Gasteiger partial charge < -0.3 is 10.2 Å². The maximum absolute atomic E-state index is 11.1.